The summed E-state index contributed by atoms with van der Waals surface area (Å²) in [6, 6.07) is 0. The van der Waals surface area contributed by atoms with Gasteiger partial charge in [-0.3, -0.25) is 0 Å². The van der Waals surface area contributed by atoms with Crippen LogP contribution in [-0.4, -0.2) is 175 Å². The summed E-state index contributed by atoms with van der Waals surface area (Å²) in [4.78, 5) is 0. The number of allylic oxidation sites excluding steroid dienone is 1. The lowest BCUT2D eigenvalue weighted by atomic mass is 9.45. The largest absolute Gasteiger partial charge is 0.394 e. The van der Waals surface area contributed by atoms with Gasteiger partial charge in [0.15, 0.2) is 24.7 Å². The summed E-state index contributed by atoms with van der Waals surface area (Å²) in [5, 5.41) is 98.1. The van der Waals surface area contributed by atoms with Crippen molar-refractivity contribution in [3.05, 3.63) is 11.6 Å². The lowest BCUT2D eigenvalue weighted by Crippen LogP contribution is -2.66. The second-order valence-corrected chi connectivity index (χ2v) is 20.8. The summed E-state index contributed by atoms with van der Waals surface area (Å²) in [5.41, 5.74) is -0.160. The van der Waals surface area contributed by atoms with Crippen LogP contribution in [-0.2, 0) is 37.9 Å². The maximum atomic E-state index is 13.0. The van der Waals surface area contributed by atoms with Gasteiger partial charge in [-0.15, -0.1) is 0 Å². The van der Waals surface area contributed by atoms with Crippen LogP contribution < -0.4 is 0 Å². The van der Waals surface area contributed by atoms with Gasteiger partial charge in [-0.2, -0.15) is 0 Å². The Hall–Kier alpha value is -0.940. The van der Waals surface area contributed by atoms with Crippen molar-refractivity contribution in [1.82, 2.24) is 0 Å². The number of ether oxygens (including phenoxy) is 8. The fraction of sp³-hybridized carbons (Fsp3) is 0.955. The molecule has 1 spiro atoms. The van der Waals surface area contributed by atoms with Crippen molar-refractivity contribution < 1.29 is 83.9 Å². The van der Waals surface area contributed by atoms with Crippen LogP contribution in [0.5, 0.6) is 0 Å². The average molecular weight is 871 g/mol. The lowest BCUT2D eigenvalue weighted by Gasteiger charge is -2.62. The molecule has 0 aromatic heterocycles. The summed E-state index contributed by atoms with van der Waals surface area (Å²) in [6.45, 7) is 10.3. The molecule has 0 unspecified atom stereocenters. The fourth-order valence-corrected chi connectivity index (χ4v) is 13.7. The predicted molar refractivity (Wildman–Crippen MR) is 210 cm³/mol. The van der Waals surface area contributed by atoms with Crippen molar-refractivity contribution in [2.45, 2.75) is 202 Å². The van der Waals surface area contributed by atoms with E-state index in [1.807, 2.05) is 0 Å². The van der Waals surface area contributed by atoms with E-state index in [1.54, 1.807) is 0 Å². The van der Waals surface area contributed by atoms with Gasteiger partial charge in [0.05, 0.1) is 43.7 Å². The van der Waals surface area contributed by atoms with E-state index in [-0.39, 0.29) is 47.2 Å². The Morgan fingerprint density at radius 3 is 2.20 bits per heavy atom. The second kappa shape index (κ2) is 16.4. The maximum absolute atomic E-state index is 13.0. The molecule has 0 radical (unpaired) electrons. The van der Waals surface area contributed by atoms with Gasteiger partial charge in [-0.1, -0.05) is 39.3 Å². The molecule has 3 saturated carbocycles. The zero-order valence-electron chi connectivity index (χ0n) is 36.0. The molecule has 8 fully saturated rings. The fourth-order valence-electron chi connectivity index (χ4n) is 13.7. The molecule has 0 aromatic carbocycles. The van der Waals surface area contributed by atoms with Crippen LogP contribution in [0.1, 0.15) is 92.4 Å². The molecule has 5 aliphatic heterocycles. The third-order valence-corrected chi connectivity index (χ3v) is 17.5. The number of hydrogen-bond donors (Lipinski definition) is 9. The molecule has 0 bridgehead atoms. The lowest BCUT2D eigenvalue weighted by molar-refractivity contribution is -0.385. The van der Waals surface area contributed by atoms with Gasteiger partial charge < -0.3 is 83.9 Å². The number of aliphatic hydroxyl groups is 9. The molecule has 17 heteroatoms. The zero-order valence-corrected chi connectivity index (χ0v) is 36.0. The summed E-state index contributed by atoms with van der Waals surface area (Å²) >= 11 is 0. The van der Waals surface area contributed by atoms with Crippen LogP contribution in [0, 0.1) is 40.4 Å². The minimum absolute atomic E-state index is 0.0513. The third-order valence-electron chi connectivity index (χ3n) is 17.5. The van der Waals surface area contributed by atoms with Crippen LogP contribution in [0.25, 0.3) is 0 Å². The van der Waals surface area contributed by atoms with Crippen LogP contribution in [0.3, 0.4) is 0 Å². The van der Waals surface area contributed by atoms with Crippen molar-refractivity contribution in [3.63, 3.8) is 0 Å². The normalized spacial score (nSPS) is 58.4. The van der Waals surface area contributed by atoms with Crippen molar-refractivity contribution in [3.8, 4) is 0 Å². The predicted octanol–water partition coefficient (Wildman–Crippen LogP) is -0.0319. The van der Waals surface area contributed by atoms with Crippen LogP contribution in [0.15, 0.2) is 11.6 Å². The molecule has 9 N–H and O–H groups in total. The van der Waals surface area contributed by atoms with Gasteiger partial charge in [0.25, 0.3) is 0 Å². The van der Waals surface area contributed by atoms with Crippen molar-refractivity contribution in [2.75, 3.05) is 19.8 Å². The molecule has 9 aliphatic rings. The van der Waals surface area contributed by atoms with E-state index in [0.29, 0.717) is 31.8 Å². The number of rotatable bonds is 7. The number of hydrogen-bond acceptors (Lipinski definition) is 17. The number of fused-ring (bicyclic) bond motifs is 7. The molecular formula is C44H70O17. The van der Waals surface area contributed by atoms with Crippen LogP contribution in [0.4, 0.5) is 0 Å². The van der Waals surface area contributed by atoms with E-state index >= 15 is 0 Å². The summed E-state index contributed by atoms with van der Waals surface area (Å²) in [7, 11) is 0. The molecule has 4 aliphatic carbocycles. The SMILES string of the molecule is C[C@@H]1CC[C@@]2(OC1)O[C@H]1C[C@@]3(O)[C@@H]4CC=C5C[C@@H](O[C@@H]6O[C@H](CO)[C@@H](O[C@@H]7OC[C@@H](O)[C@H](O)[C@H]7O)[C@H](O)[C@H]6O[C@@H]6O[C@@H](C)[C@H](O)[C@@H](O)[C@H]6O)CC[C@]5(C)[C@H]4CC[C@]3(C)[C@H]1[C@@H]2C. The molecule has 5 heterocycles. The Morgan fingerprint density at radius 1 is 0.738 bits per heavy atom. The van der Waals surface area contributed by atoms with E-state index in [9.17, 15) is 46.0 Å². The molecule has 0 amide bonds. The summed E-state index contributed by atoms with van der Waals surface area (Å²) < 4.78 is 49.5. The van der Waals surface area contributed by atoms with Gasteiger partial charge in [0.1, 0.15) is 61.0 Å². The first kappa shape index (κ1) is 45.2. The molecule has 25 atom stereocenters. The highest BCUT2D eigenvalue weighted by Crippen LogP contribution is 2.72. The molecule has 9 rings (SSSR count). The van der Waals surface area contributed by atoms with Gasteiger partial charge in [-0.05, 0) is 75.0 Å². The molecule has 348 valence electrons. The average Bonchev–Trinajstić information content (AvgIpc) is 3.63. The highest BCUT2D eigenvalue weighted by molar-refractivity contribution is 5.29. The highest BCUT2D eigenvalue weighted by Gasteiger charge is 2.74. The highest BCUT2D eigenvalue weighted by atomic mass is 16.8. The van der Waals surface area contributed by atoms with Gasteiger partial charge in [0, 0.05) is 30.1 Å². The van der Waals surface area contributed by atoms with Crippen molar-refractivity contribution in [1.29, 1.82) is 0 Å². The Bertz CT molecular complexity index is 1610. The van der Waals surface area contributed by atoms with Gasteiger partial charge in [0.2, 0.25) is 0 Å². The van der Waals surface area contributed by atoms with E-state index in [0.717, 1.165) is 38.5 Å². The van der Waals surface area contributed by atoms with E-state index in [1.165, 1.54) is 12.5 Å². The summed E-state index contributed by atoms with van der Waals surface area (Å²) in [5.74, 6) is 0.647. The minimum Gasteiger partial charge on any atom is -0.394 e. The molecule has 0 aromatic rings. The Balaban J connectivity index is 0.925. The van der Waals surface area contributed by atoms with Gasteiger partial charge in [-0.25, -0.2) is 0 Å². The zero-order chi connectivity index (χ0) is 43.6. The smallest absolute Gasteiger partial charge is 0.187 e. The number of aliphatic hydroxyl groups excluding tert-OH is 8. The first-order valence-corrected chi connectivity index (χ1v) is 22.9. The van der Waals surface area contributed by atoms with Crippen molar-refractivity contribution in [2.24, 2.45) is 40.4 Å². The van der Waals surface area contributed by atoms with Crippen LogP contribution in [0.2, 0.25) is 0 Å². The molecule has 5 saturated heterocycles. The van der Waals surface area contributed by atoms with E-state index in [4.69, 9.17) is 37.9 Å². The van der Waals surface area contributed by atoms with E-state index < -0.39 is 110 Å². The first-order chi connectivity index (χ1) is 28.9. The maximum Gasteiger partial charge on any atom is 0.187 e. The Kier molecular flexibility index (Phi) is 12.2. The molecule has 61 heavy (non-hydrogen) atoms. The second-order valence-electron chi connectivity index (χ2n) is 20.8. The van der Waals surface area contributed by atoms with Crippen LogP contribution >= 0.6 is 0 Å². The topological polar surface area (TPSA) is 256 Å². The van der Waals surface area contributed by atoms with Gasteiger partial charge >= 0.3 is 0 Å². The Labute approximate surface area is 357 Å². The standard InChI is InChI=1S/C44H70O17/c1-19-8-13-44(55-17-19)20(2)29-27(61-44)15-43(53)25-7-6-22-14-23(9-11-41(22,4)24(25)10-12-42(29,43)5)57-40-37(60-39-34(51)32(49)30(47)21(3)56-39)35(52)36(28(16-45)58-40)59-38-33(50)31(48)26(46)18-54-38/h6,19-21,23-40,45-53H,7-18H2,1-5H3/t19-,20+,21+,23+,24+,25-,26-,27+,28-,29+,30+,31+,32-,33-,34-,35+,36-,37-,38+,39+,40-,41+,42-,43-,44-/m1/s1. The van der Waals surface area contributed by atoms with Crippen molar-refractivity contribution >= 4 is 0 Å². The Morgan fingerprint density at radius 2 is 1.48 bits per heavy atom. The third kappa shape index (κ3) is 7.14. The monoisotopic (exact) mass is 870 g/mol. The molecule has 17 nitrogen and oxygen atoms in total. The minimum atomic E-state index is -1.73. The first-order valence-electron chi connectivity index (χ1n) is 22.9. The molecular weight excluding hydrogens is 800 g/mol. The quantitative estimate of drug-likeness (QED) is 0.152. The van der Waals surface area contributed by atoms with E-state index in [2.05, 4.69) is 33.8 Å². The summed E-state index contributed by atoms with van der Waals surface area (Å²) in [6.07, 6.45) is -11.8.